The van der Waals surface area contributed by atoms with Crippen LogP contribution in [0, 0.1) is 0 Å². The van der Waals surface area contributed by atoms with Gasteiger partial charge in [0.05, 0.1) is 19.9 Å². The van der Waals surface area contributed by atoms with Crippen molar-refractivity contribution in [3.63, 3.8) is 0 Å². The number of nitrogens with zero attached hydrogens (tertiary/aromatic N) is 5. The van der Waals surface area contributed by atoms with Gasteiger partial charge in [-0.15, -0.1) is 5.10 Å². The molecule has 0 saturated carbocycles. The molecule has 0 aliphatic heterocycles. The maximum atomic E-state index is 12.9. The van der Waals surface area contributed by atoms with Crippen molar-refractivity contribution in [2.75, 3.05) is 19.5 Å². The number of hydrogen-bond donors (Lipinski definition) is 1. The zero-order chi connectivity index (χ0) is 25.4. The Morgan fingerprint density at radius 2 is 1.72 bits per heavy atom. The van der Waals surface area contributed by atoms with Gasteiger partial charge in [0.15, 0.2) is 17.1 Å². The Balaban J connectivity index is 1.43. The smallest absolute Gasteiger partial charge is 0.350 e. The molecule has 5 aromatic rings. The van der Waals surface area contributed by atoms with Crippen molar-refractivity contribution < 1.29 is 14.3 Å². The Hall–Kier alpha value is -4.60. The summed E-state index contributed by atoms with van der Waals surface area (Å²) in [5, 5.41) is 11.8. The van der Waals surface area contributed by atoms with E-state index in [4.69, 9.17) is 9.47 Å². The summed E-state index contributed by atoms with van der Waals surface area (Å²) in [6, 6.07) is 15.2. The maximum absolute atomic E-state index is 12.9. The summed E-state index contributed by atoms with van der Waals surface area (Å²) < 4.78 is 14.7. The van der Waals surface area contributed by atoms with Crippen molar-refractivity contribution in [1.29, 1.82) is 0 Å². The third-order valence-corrected chi connectivity index (χ3v) is 6.03. The fourth-order valence-corrected chi connectivity index (χ4v) is 4.07. The van der Waals surface area contributed by atoms with Gasteiger partial charge in [-0.2, -0.15) is 5.10 Å². The number of hydrogen-bond acceptors (Lipinski definition) is 6. The van der Waals surface area contributed by atoms with Crippen LogP contribution in [0.15, 0.2) is 65.7 Å². The van der Waals surface area contributed by atoms with Crippen LogP contribution in [0.3, 0.4) is 0 Å². The van der Waals surface area contributed by atoms with Gasteiger partial charge in [0.25, 0.3) is 0 Å². The lowest BCUT2D eigenvalue weighted by Gasteiger charge is -2.10. The fourth-order valence-electron chi connectivity index (χ4n) is 4.07. The van der Waals surface area contributed by atoms with Gasteiger partial charge in [-0.1, -0.05) is 38.1 Å². The van der Waals surface area contributed by atoms with E-state index >= 15 is 0 Å². The molecule has 0 unspecified atom stereocenters. The minimum atomic E-state index is -0.418. The first-order valence-corrected chi connectivity index (χ1v) is 11.5. The zero-order valence-electron chi connectivity index (χ0n) is 20.4. The van der Waals surface area contributed by atoms with Crippen LogP contribution in [0.1, 0.15) is 25.3 Å². The van der Waals surface area contributed by atoms with E-state index in [0.29, 0.717) is 34.3 Å². The maximum Gasteiger partial charge on any atom is 0.350 e. The predicted octanol–water partition coefficient (Wildman–Crippen LogP) is 3.59. The van der Waals surface area contributed by atoms with Crippen LogP contribution in [-0.4, -0.2) is 43.9 Å². The van der Waals surface area contributed by atoms with Gasteiger partial charge in [-0.25, -0.2) is 18.4 Å². The average molecular weight is 487 g/mol. The molecule has 0 bridgehead atoms. The highest BCUT2D eigenvalue weighted by Crippen LogP contribution is 2.29. The molecule has 10 nitrogen and oxygen atoms in total. The lowest BCUT2D eigenvalue weighted by molar-refractivity contribution is -0.117. The molecule has 5 rings (SSSR count). The summed E-state index contributed by atoms with van der Waals surface area (Å²) in [5.41, 5.74) is 4.17. The first-order chi connectivity index (χ1) is 17.4. The number of amides is 1. The van der Waals surface area contributed by atoms with Crippen molar-refractivity contribution in [1.82, 2.24) is 23.8 Å². The summed E-state index contributed by atoms with van der Waals surface area (Å²) in [6.07, 6.45) is 3.30. The standard InChI is InChI=1S/C26H26N6O4/c1-16(2)17-5-7-18(8-6-17)20-14-21-25-29-32(26(34)30(25)11-12-31(21)28-20)15-24(33)27-19-9-10-22(35-3)23(13-19)36-4/h5-14,16H,15H2,1-4H3,(H,27,33). The van der Waals surface area contributed by atoms with Gasteiger partial charge in [0.2, 0.25) is 5.91 Å². The lowest BCUT2D eigenvalue weighted by Crippen LogP contribution is -2.28. The highest BCUT2D eigenvalue weighted by Gasteiger charge is 2.16. The summed E-state index contributed by atoms with van der Waals surface area (Å²) in [6.45, 7) is 4.05. The Bertz CT molecular complexity index is 1630. The molecule has 0 spiro atoms. The van der Waals surface area contributed by atoms with Crippen molar-refractivity contribution >= 4 is 22.8 Å². The second kappa shape index (κ2) is 9.21. The molecule has 184 valence electrons. The van der Waals surface area contributed by atoms with Crippen LogP contribution in [0.4, 0.5) is 5.69 Å². The SMILES string of the molecule is COc1ccc(NC(=O)Cn2nc3c4cc(-c5ccc(C(C)C)cc5)nn4ccn3c2=O)cc1OC. The highest BCUT2D eigenvalue weighted by atomic mass is 16.5. The second-order valence-corrected chi connectivity index (χ2v) is 8.69. The first-order valence-electron chi connectivity index (χ1n) is 11.5. The largest absolute Gasteiger partial charge is 0.493 e. The Morgan fingerprint density at radius 3 is 2.42 bits per heavy atom. The average Bonchev–Trinajstić information content (AvgIpc) is 3.45. The van der Waals surface area contributed by atoms with E-state index in [1.165, 1.54) is 24.2 Å². The normalized spacial score (nSPS) is 11.4. The van der Waals surface area contributed by atoms with E-state index in [-0.39, 0.29) is 6.54 Å². The molecule has 0 saturated heterocycles. The number of fused-ring (bicyclic) bond motifs is 3. The fraction of sp³-hybridized carbons (Fsp3) is 0.231. The van der Waals surface area contributed by atoms with Crippen LogP contribution >= 0.6 is 0 Å². The summed E-state index contributed by atoms with van der Waals surface area (Å²) >= 11 is 0. The van der Waals surface area contributed by atoms with Gasteiger partial charge in [-0.05, 0) is 29.7 Å². The molecule has 36 heavy (non-hydrogen) atoms. The van der Waals surface area contributed by atoms with Gasteiger partial charge in [0, 0.05) is 29.7 Å². The van der Waals surface area contributed by atoms with Crippen LogP contribution in [0.2, 0.25) is 0 Å². The second-order valence-electron chi connectivity index (χ2n) is 8.69. The van der Waals surface area contributed by atoms with Gasteiger partial charge in [-0.3, -0.25) is 4.79 Å². The number of ether oxygens (including phenoxy) is 2. The number of rotatable bonds is 7. The Labute approximate surface area is 206 Å². The molecular formula is C26H26N6O4. The van der Waals surface area contributed by atoms with Crippen molar-refractivity contribution in [2.24, 2.45) is 0 Å². The van der Waals surface area contributed by atoms with Crippen molar-refractivity contribution in [3.8, 4) is 22.8 Å². The third kappa shape index (κ3) is 4.17. The highest BCUT2D eigenvalue weighted by molar-refractivity contribution is 5.91. The molecule has 3 heterocycles. The number of anilines is 1. The van der Waals surface area contributed by atoms with E-state index < -0.39 is 11.6 Å². The number of methoxy groups -OCH3 is 2. The monoisotopic (exact) mass is 486 g/mol. The minimum absolute atomic E-state index is 0.251. The molecule has 10 heteroatoms. The quantitative estimate of drug-likeness (QED) is 0.377. The van der Waals surface area contributed by atoms with Gasteiger partial charge < -0.3 is 14.8 Å². The molecule has 0 aliphatic carbocycles. The zero-order valence-corrected chi connectivity index (χ0v) is 20.4. The third-order valence-electron chi connectivity index (χ3n) is 6.03. The van der Waals surface area contributed by atoms with Crippen molar-refractivity contribution in [3.05, 3.63) is 77.0 Å². The van der Waals surface area contributed by atoms with Crippen LogP contribution in [0.25, 0.3) is 22.4 Å². The van der Waals surface area contributed by atoms with E-state index in [9.17, 15) is 9.59 Å². The lowest BCUT2D eigenvalue weighted by atomic mass is 10.0. The summed E-state index contributed by atoms with van der Waals surface area (Å²) in [5.74, 6) is 1.08. The summed E-state index contributed by atoms with van der Waals surface area (Å²) in [7, 11) is 3.05. The molecule has 0 atom stereocenters. The molecule has 1 N–H and O–H groups in total. The number of carbonyl (C=O) groups excluding carboxylic acids is 1. The first kappa shape index (κ1) is 23.2. The minimum Gasteiger partial charge on any atom is -0.493 e. The molecule has 1 amide bonds. The predicted molar refractivity (Wildman–Crippen MR) is 136 cm³/mol. The van der Waals surface area contributed by atoms with E-state index in [1.807, 2.05) is 18.2 Å². The van der Waals surface area contributed by atoms with Crippen LogP contribution < -0.4 is 20.5 Å². The number of benzene rings is 2. The van der Waals surface area contributed by atoms with Gasteiger partial charge >= 0.3 is 5.69 Å². The topological polar surface area (TPSA) is 104 Å². The van der Waals surface area contributed by atoms with Gasteiger partial charge in [0.1, 0.15) is 12.1 Å². The van der Waals surface area contributed by atoms with E-state index in [0.717, 1.165) is 15.9 Å². The molecule has 0 fully saturated rings. The summed E-state index contributed by atoms with van der Waals surface area (Å²) in [4.78, 5) is 25.6. The number of nitrogens with one attached hydrogen (secondary N) is 1. The number of carbonyl (C=O) groups is 1. The number of aromatic nitrogens is 5. The van der Waals surface area contributed by atoms with E-state index in [2.05, 4.69) is 41.5 Å². The van der Waals surface area contributed by atoms with E-state index in [1.54, 1.807) is 35.1 Å². The molecule has 0 radical (unpaired) electrons. The Morgan fingerprint density at radius 1 is 0.972 bits per heavy atom. The van der Waals surface area contributed by atoms with Crippen LogP contribution in [0.5, 0.6) is 11.5 Å². The molecule has 2 aromatic carbocycles. The molecule has 3 aromatic heterocycles. The molecular weight excluding hydrogens is 460 g/mol. The van der Waals surface area contributed by atoms with Crippen LogP contribution in [-0.2, 0) is 11.3 Å². The Kier molecular flexibility index (Phi) is 5.93. The molecule has 0 aliphatic rings. The van der Waals surface area contributed by atoms with Crippen molar-refractivity contribution in [2.45, 2.75) is 26.3 Å².